The van der Waals surface area contributed by atoms with Crippen LogP contribution in [0.3, 0.4) is 0 Å². The standard InChI is InChI=1S/C19H24N2O/c1-2-6-18(16-7-4-3-5-8-16)19(22)21-14-13-15-9-11-17(20)12-10-15/h3-5,7-12,18H,2,6,13-14,20H2,1H3,(H,21,22). The van der Waals surface area contributed by atoms with E-state index in [0.29, 0.717) is 6.54 Å². The Balaban J connectivity index is 1.90. The Morgan fingerprint density at radius 1 is 1.09 bits per heavy atom. The predicted molar refractivity (Wildman–Crippen MR) is 91.7 cm³/mol. The van der Waals surface area contributed by atoms with Gasteiger partial charge in [0, 0.05) is 12.2 Å². The maximum atomic E-state index is 12.4. The van der Waals surface area contributed by atoms with Crippen LogP contribution in [0.15, 0.2) is 54.6 Å². The summed E-state index contributed by atoms with van der Waals surface area (Å²) in [6, 6.07) is 17.8. The van der Waals surface area contributed by atoms with E-state index in [0.717, 1.165) is 30.5 Å². The van der Waals surface area contributed by atoms with Gasteiger partial charge >= 0.3 is 0 Å². The minimum Gasteiger partial charge on any atom is -0.399 e. The molecule has 2 aromatic carbocycles. The molecule has 2 rings (SSSR count). The molecule has 1 amide bonds. The smallest absolute Gasteiger partial charge is 0.227 e. The highest BCUT2D eigenvalue weighted by Crippen LogP contribution is 2.21. The number of nitrogen functional groups attached to an aromatic ring is 1. The number of anilines is 1. The lowest BCUT2D eigenvalue weighted by atomic mass is 9.93. The van der Waals surface area contributed by atoms with Gasteiger partial charge in [-0.15, -0.1) is 0 Å². The van der Waals surface area contributed by atoms with E-state index in [1.165, 1.54) is 5.56 Å². The Morgan fingerprint density at radius 2 is 1.77 bits per heavy atom. The average molecular weight is 296 g/mol. The lowest BCUT2D eigenvalue weighted by Gasteiger charge is -2.16. The molecule has 0 aliphatic heterocycles. The van der Waals surface area contributed by atoms with Gasteiger partial charge in [-0.05, 0) is 36.1 Å². The molecule has 0 aliphatic carbocycles. The van der Waals surface area contributed by atoms with Gasteiger partial charge in [0.2, 0.25) is 5.91 Å². The fourth-order valence-electron chi connectivity index (χ4n) is 2.56. The fraction of sp³-hybridized carbons (Fsp3) is 0.316. The topological polar surface area (TPSA) is 55.1 Å². The molecule has 0 fully saturated rings. The van der Waals surface area contributed by atoms with Gasteiger partial charge in [-0.25, -0.2) is 0 Å². The van der Waals surface area contributed by atoms with Crippen LogP contribution < -0.4 is 11.1 Å². The van der Waals surface area contributed by atoms with Gasteiger partial charge in [0.15, 0.2) is 0 Å². The van der Waals surface area contributed by atoms with Crippen molar-refractivity contribution in [3.05, 3.63) is 65.7 Å². The molecule has 22 heavy (non-hydrogen) atoms. The Morgan fingerprint density at radius 3 is 2.41 bits per heavy atom. The molecular weight excluding hydrogens is 272 g/mol. The van der Waals surface area contributed by atoms with E-state index in [9.17, 15) is 4.79 Å². The highest BCUT2D eigenvalue weighted by molar-refractivity contribution is 5.83. The van der Waals surface area contributed by atoms with Crippen molar-refractivity contribution in [1.82, 2.24) is 5.32 Å². The van der Waals surface area contributed by atoms with Crippen LogP contribution in [0.2, 0.25) is 0 Å². The molecule has 3 nitrogen and oxygen atoms in total. The quantitative estimate of drug-likeness (QED) is 0.768. The van der Waals surface area contributed by atoms with E-state index in [-0.39, 0.29) is 11.8 Å². The van der Waals surface area contributed by atoms with Crippen LogP contribution in [0.4, 0.5) is 5.69 Å². The Hall–Kier alpha value is -2.29. The minimum atomic E-state index is -0.0578. The van der Waals surface area contributed by atoms with Gasteiger partial charge in [-0.3, -0.25) is 4.79 Å². The zero-order chi connectivity index (χ0) is 15.8. The first-order valence-electron chi connectivity index (χ1n) is 7.87. The zero-order valence-electron chi connectivity index (χ0n) is 13.1. The maximum Gasteiger partial charge on any atom is 0.227 e. The molecule has 3 heteroatoms. The lowest BCUT2D eigenvalue weighted by molar-refractivity contribution is -0.122. The summed E-state index contributed by atoms with van der Waals surface area (Å²) < 4.78 is 0. The zero-order valence-corrected chi connectivity index (χ0v) is 13.1. The number of hydrogen-bond donors (Lipinski definition) is 2. The third kappa shape index (κ3) is 4.62. The molecule has 2 aromatic rings. The van der Waals surface area contributed by atoms with Crippen LogP contribution in [0.25, 0.3) is 0 Å². The average Bonchev–Trinajstić information content (AvgIpc) is 2.55. The monoisotopic (exact) mass is 296 g/mol. The van der Waals surface area contributed by atoms with E-state index in [2.05, 4.69) is 12.2 Å². The van der Waals surface area contributed by atoms with Crippen molar-refractivity contribution in [2.75, 3.05) is 12.3 Å². The van der Waals surface area contributed by atoms with Crippen LogP contribution in [0, 0.1) is 0 Å². The highest BCUT2D eigenvalue weighted by Gasteiger charge is 2.18. The van der Waals surface area contributed by atoms with Crippen molar-refractivity contribution >= 4 is 11.6 Å². The predicted octanol–water partition coefficient (Wildman–Crippen LogP) is 3.51. The molecule has 0 bridgehead atoms. The van der Waals surface area contributed by atoms with Crippen molar-refractivity contribution in [1.29, 1.82) is 0 Å². The number of benzene rings is 2. The van der Waals surface area contributed by atoms with Crippen molar-refractivity contribution in [2.24, 2.45) is 0 Å². The summed E-state index contributed by atoms with van der Waals surface area (Å²) in [6.45, 7) is 2.76. The Kier molecular flexibility index (Phi) is 6.01. The molecule has 0 aromatic heterocycles. The first-order valence-corrected chi connectivity index (χ1v) is 7.87. The van der Waals surface area contributed by atoms with Crippen molar-refractivity contribution in [3.8, 4) is 0 Å². The fourth-order valence-corrected chi connectivity index (χ4v) is 2.56. The van der Waals surface area contributed by atoms with Gasteiger partial charge in [0.25, 0.3) is 0 Å². The summed E-state index contributed by atoms with van der Waals surface area (Å²) >= 11 is 0. The Labute approximate surface area is 132 Å². The molecule has 0 aliphatic rings. The van der Waals surface area contributed by atoms with Crippen LogP contribution in [-0.4, -0.2) is 12.5 Å². The summed E-state index contributed by atoms with van der Waals surface area (Å²) in [5.41, 5.74) is 8.71. The van der Waals surface area contributed by atoms with E-state index in [4.69, 9.17) is 5.73 Å². The lowest BCUT2D eigenvalue weighted by Crippen LogP contribution is -2.31. The van der Waals surface area contributed by atoms with E-state index < -0.39 is 0 Å². The first kappa shape index (κ1) is 16.1. The van der Waals surface area contributed by atoms with Gasteiger partial charge < -0.3 is 11.1 Å². The van der Waals surface area contributed by atoms with Crippen molar-refractivity contribution < 1.29 is 4.79 Å². The highest BCUT2D eigenvalue weighted by atomic mass is 16.1. The molecule has 0 radical (unpaired) electrons. The molecule has 0 saturated heterocycles. The maximum absolute atomic E-state index is 12.4. The summed E-state index contributed by atoms with van der Waals surface area (Å²) in [4.78, 5) is 12.4. The molecule has 0 spiro atoms. The molecule has 1 unspecified atom stereocenters. The van der Waals surface area contributed by atoms with Crippen molar-refractivity contribution in [2.45, 2.75) is 32.1 Å². The first-order chi connectivity index (χ1) is 10.7. The molecule has 116 valence electrons. The number of rotatable bonds is 7. The summed E-state index contributed by atoms with van der Waals surface area (Å²) in [5.74, 6) is 0.0566. The molecule has 0 saturated carbocycles. The number of nitrogens with two attached hydrogens (primary N) is 1. The summed E-state index contributed by atoms with van der Waals surface area (Å²) in [6.07, 6.45) is 2.68. The third-order valence-electron chi connectivity index (χ3n) is 3.79. The van der Waals surface area contributed by atoms with Gasteiger partial charge in [0.05, 0.1) is 5.92 Å². The SMILES string of the molecule is CCCC(C(=O)NCCc1ccc(N)cc1)c1ccccc1. The molecule has 1 atom stereocenters. The number of amides is 1. The number of carbonyl (C=O) groups excluding carboxylic acids is 1. The molecule has 0 heterocycles. The van der Waals surface area contributed by atoms with Gasteiger partial charge in [-0.1, -0.05) is 55.8 Å². The summed E-state index contributed by atoms with van der Waals surface area (Å²) in [7, 11) is 0. The van der Waals surface area contributed by atoms with Crippen molar-refractivity contribution in [3.63, 3.8) is 0 Å². The Bertz CT molecular complexity index is 578. The van der Waals surface area contributed by atoms with Crippen LogP contribution in [0.5, 0.6) is 0 Å². The van der Waals surface area contributed by atoms with Crippen LogP contribution in [0.1, 0.15) is 36.8 Å². The normalized spacial score (nSPS) is 11.9. The summed E-state index contributed by atoms with van der Waals surface area (Å²) in [5, 5.41) is 3.06. The van der Waals surface area contributed by atoms with E-state index >= 15 is 0 Å². The van der Waals surface area contributed by atoms with E-state index in [1.54, 1.807) is 0 Å². The second kappa shape index (κ2) is 8.23. The van der Waals surface area contributed by atoms with Gasteiger partial charge in [0.1, 0.15) is 0 Å². The molecular formula is C19H24N2O. The van der Waals surface area contributed by atoms with Crippen LogP contribution in [-0.2, 0) is 11.2 Å². The molecule has 3 N–H and O–H groups in total. The van der Waals surface area contributed by atoms with Gasteiger partial charge in [-0.2, -0.15) is 0 Å². The third-order valence-corrected chi connectivity index (χ3v) is 3.79. The second-order valence-electron chi connectivity index (χ2n) is 5.53. The largest absolute Gasteiger partial charge is 0.399 e. The second-order valence-corrected chi connectivity index (χ2v) is 5.53. The number of hydrogen-bond acceptors (Lipinski definition) is 2. The van der Waals surface area contributed by atoms with E-state index in [1.807, 2.05) is 54.6 Å². The number of carbonyl (C=O) groups is 1. The van der Waals surface area contributed by atoms with Crippen LogP contribution >= 0.6 is 0 Å². The number of nitrogens with one attached hydrogen (secondary N) is 1. The minimum absolute atomic E-state index is 0.0578.